The lowest BCUT2D eigenvalue weighted by Crippen LogP contribution is -2.08. The molecule has 2 N–H and O–H groups in total. The van der Waals surface area contributed by atoms with Gasteiger partial charge in [-0.05, 0) is 24.3 Å². The van der Waals surface area contributed by atoms with E-state index >= 15 is 0 Å². The number of rotatable bonds is 6. The molecule has 1 heterocycles. The van der Waals surface area contributed by atoms with Crippen LogP contribution < -0.4 is 15.4 Å². The van der Waals surface area contributed by atoms with Crippen LogP contribution in [0.5, 0.6) is 5.75 Å². The minimum Gasteiger partial charge on any atom is -0.497 e. The number of amides is 1. The van der Waals surface area contributed by atoms with Gasteiger partial charge in [0, 0.05) is 34.8 Å². The van der Waals surface area contributed by atoms with Crippen LogP contribution in [0.2, 0.25) is 0 Å². The molecule has 25 heavy (non-hydrogen) atoms. The van der Waals surface area contributed by atoms with Gasteiger partial charge in [0.05, 0.1) is 12.8 Å². The van der Waals surface area contributed by atoms with Crippen molar-refractivity contribution in [2.75, 3.05) is 17.7 Å². The summed E-state index contributed by atoms with van der Waals surface area (Å²) in [5.41, 5.74) is 3.62. The molecule has 0 bridgehead atoms. The quantitative estimate of drug-likeness (QED) is 0.661. The molecule has 0 aliphatic carbocycles. The van der Waals surface area contributed by atoms with E-state index in [0.29, 0.717) is 6.42 Å². The average molecular weight is 353 g/mol. The summed E-state index contributed by atoms with van der Waals surface area (Å²) in [6.07, 6.45) is 0.465. The Kier molecular flexibility index (Phi) is 5.30. The van der Waals surface area contributed by atoms with Gasteiger partial charge < -0.3 is 15.4 Å². The number of anilines is 3. The number of nitrogens with one attached hydrogen (secondary N) is 2. The molecule has 3 aromatic rings. The zero-order valence-corrected chi connectivity index (χ0v) is 14.9. The molecule has 5 nitrogen and oxygen atoms in total. The molecule has 0 saturated heterocycles. The van der Waals surface area contributed by atoms with Crippen molar-refractivity contribution in [2.45, 2.75) is 13.3 Å². The first kappa shape index (κ1) is 17.0. The maximum absolute atomic E-state index is 11.4. The molecule has 0 radical (unpaired) electrons. The number of methoxy groups -OCH3 is 1. The van der Waals surface area contributed by atoms with E-state index in [4.69, 9.17) is 4.74 Å². The van der Waals surface area contributed by atoms with Crippen molar-refractivity contribution in [1.82, 2.24) is 4.98 Å². The van der Waals surface area contributed by atoms with Gasteiger partial charge in [-0.1, -0.05) is 25.1 Å². The van der Waals surface area contributed by atoms with Crippen molar-refractivity contribution < 1.29 is 9.53 Å². The van der Waals surface area contributed by atoms with Crippen molar-refractivity contribution in [3.05, 3.63) is 53.9 Å². The Balaban J connectivity index is 1.71. The Hall–Kier alpha value is -2.86. The molecule has 0 atom stereocenters. The Morgan fingerprint density at radius 1 is 1.16 bits per heavy atom. The number of carbonyl (C=O) groups excluding carboxylic acids is 1. The fraction of sp³-hybridized carbons (Fsp3) is 0.158. The van der Waals surface area contributed by atoms with Crippen molar-refractivity contribution in [1.29, 1.82) is 0 Å². The van der Waals surface area contributed by atoms with Crippen LogP contribution in [0.1, 0.15) is 13.3 Å². The summed E-state index contributed by atoms with van der Waals surface area (Å²) in [6.45, 7) is 1.83. The van der Waals surface area contributed by atoms with Gasteiger partial charge in [0.15, 0.2) is 5.13 Å². The van der Waals surface area contributed by atoms with Crippen LogP contribution in [0.15, 0.2) is 53.9 Å². The summed E-state index contributed by atoms with van der Waals surface area (Å²) in [5.74, 6) is 0.803. The highest BCUT2D eigenvalue weighted by molar-refractivity contribution is 7.14. The predicted octanol–water partition coefficient (Wildman–Crippen LogP) is 4.91. The second-order valence-electron chi connectivity index (χ2n) is 5.37. The Labute approximate surface area is 150 Å². The second-order valence-corrected chi connectivity index (χ2v) is 6.23. The molecule has 3 rings (SSSR count). The van der Waals surface area contributed by atoms with Crippen molar-refractivity contribution in [2.24, 2.45) is 0 Å². The average Bonchev–Trinajstić information content (AvgIpc) is 3.10. The van der Waals surface area contributed by atoms with E-state index in [-0.39, 0.29) is 5.91 Å². The third-order valence-corrected chi connectivity index (χ3v) is 4.37. The summed E-state index contributed by atoms with van der Waals surface area (Å²) in [5, 5.41) is 8.94. The van der Waals surface area contributed by atoms with Crippen LogP contribution in [0.3, 0.4) is 0 Å². The van der Waals surface area contributed by atoms with Crippen molar-refractivity contribution in [3.63, 3.8) is 0 Å². The van der Waals surface area contributed by atoms with E-state index in [1.165, 1.54) is 11.3 Å². The lowest BCUT2D eigenvalue weighted by molar-refractivity contribution is -0.115. The monoisotopic (exact) mass is 353 g/mol. The molecule has 0 saturated carbocycles. The number of benzene rings is 2. The summed E-state index contributed by atoms with van der Waals surface area (Å²) in [6, 6.07) is 15.4. The van der Waals surface area contributed by atoms with Gasteiger partial charge in [0.25, 0.3) is 0 Å². The zero-order valence-electron chi connectivity index (χ0n) is 14.1. The first-order valence-corrected chi connectivity index (χ1v) is 8.83. The lowest BCUT2D eigenvalue weighted by atomic mass is 10.1. The fourth-order valence-corrected chi connectivity index (χ4v) is 3.00. The van der Waals surface area contributed by atoms with Gasteiger partial charge in [0.1, 0.15) is 5.75 Å². The van der Waals surface area contributed by atoms with Crippen LogP contribution in [0, 0.1) is 0 Å². The molecule has 0 aliphatic rings. The van der Waals surface area contributed by atoms with E-state index in [1.807, 2.05) is 60.8 Å². The van der Waals surface area contributed by atoms with Crippen LogP contribution in [-0.4, -0.2) is 18.0 Å². The lowest BCUT2D eigenvalue weighted by Gasteiger charge is -2.05. The molecule has 128 valence electrons. The Bertz CT molecular complexity index is 859. The van der Waals surface area contributed by atoms with Crippen LogP contribution in [-0.2, 0) is 4.79 Å². The van der Waals surface area contributed by atoms with Gasteiger partial charge in [-0.3, -0.25) is 4.79 Å². The predicted molar refractivity (Wildman–Crippen MR) is 103 cm³/mol. The van der Waals surface area contributed by atoms with E-state index in [9.17, 15) is 4.79 Å². The number of thiazole rings is 1. The standard InChI is InChI=1S/C19H19N3O2S/c1-3-18(23)20-14-9-7-13(8-10-14)17-12-25-19(22-17)21-15-5-4-6-16(11-15)24-2/h4-12H,3H2,1-2H3,(H,20,23)(H,21,22). The molecular formula is C19H19N3O2S. The zero-order chi connectivity index (χ0) is 17.6. The normalized spacial score (nSPS) is 10.3. The van der Waals surface area contributed by atoms with Crippen LogP contribution in [0.4, 0.5) is 16.5 Å². The molecular weight excluding hydrogens is 334 g/mol. The molecule has 2 aromatic carbocycles. The summed E-state index contributed by atoms with van der Waals surface area (Å²) < 4.78 is 5.23. The van der Waals surface area contributed by atoms with Gasteiger partial charge in [-0.25, -0.2) is 4.98 Å². The highest BCUT2D eigenvalue weighted by atomic mass is 32.1. The van der Waals surface area contributed by atoms with Gasteiger partial charge in [-0.2, -0.15) is 0 Å². The maximum Gasteiger partial charge on any atom is 0.224 e. The number of carbonyl (C=O) groups is 1. The molecule has 0 unspecified atom stereocenters. The smallest absolute Gasteiger partial charge is 0.224 e. The number of nitrogens with zero attached hydrogens (tertiary/aromatic N) is 1. The molecule has 0 aliphatic heterocycles. The number of hydrogen-bond acceptors (Lipinski definition) is 5. The van der Waals surface area contributed by atoms with Gasteiger partial charge in [0.2, 0.25) is 5.91 Å². The largest absolute Gasteiger partial charge is 0.497 e. The summed E-state index contributed by atoms with van der Waals surface area (Å²) in [7, 11) is 1.65. The minimum atomic E-state index is 0.00573. The minimum absolute atomic E-state index is 0.00573. The molecule has 1 aromatic heterocycles. The van der Waals surface area contributed by atoms with E-state index in [2.05, 4.69) is 15.6 Å². The highest BCUT2D eigenvalue weighted by Gasteiger charge is 2.06. The third-order valence-electron chi connectivity index (χ3n) is 3.61. The highest BCUT2D eigenvalue weighted by Crippen LogP contribution is 2.29. The van der Waals surface area contributed by atoms with Gasteiger partial charge in [-0.15, -0.1) is 11.3 Å². The molecule has 1 amide bonds. The fourth-order valence-electron chi connectivity index (χ4n) is 2.26. The van der Waals surface area contributed by atoms with Crippen LogP contribution in [0.25, 0.3) is 11.3 Å². The number of aromatic nitrogens is 1. The van der Waals surface area contributed by atoms with E-state index in [0.717, 1.165) is 33.5 Å². The topological polar surface area (TPSA) is 63.2 Å². The van der Waals surface area contributed by atoms with Gasteiger partial charge >= 0.3 is 0 Å². The first-order valence-electron chi connectivity index (χ1n) is 7.95. The van der Waals surface area contributed by atoms with Crippen LogP contribution >= 0.6 is 11.3 Å². The summed E-state index contributed by atoms with van der Waals surface area (Å²) in [4.78, 5) is 16.0. The van der Waals surface area contributed by atoms with E-state index in [1.54, 1.807) is 7.11 Å². The van der Waals surface area contributed by atoms with E-state index < -0.39 is 0 Å². The Morgan fingerprint density at radius 2 is 1.96 bits per heavy atom. The SMILES string of the molecule is CCC(=O)Nc1ccc(-c2csc(Nc3cccc(OC)c3)n2)cc1. The number of ether oxygens (including phenoxy) is 1. The second kappa shape index (κ2) is 7.81. The molecule has 0 fully saturated rings. The summed E-state index contributed by atoms with van der Waals surface area (Å²) >= 11 is 1.54. The first-order chi connectivity index (χ1) is 12.2. The van der Waals surface area contributed by atoms with Crippen molar-refractivity contribution in [3.8, 4) is 17.0 Å². The Morgan fingerprint density at radius 3 is 2.68 bits per heavy atom. The maximum atomic E-state index is 11.4. The molecule has 6 heteroatoms. The third kappa shape index (κ3) is 4.36. The molecule has 0 spiro atoms. The van der Waals surface area contributed by atoms with Crippen molar-refractivity contribution >= 4 is 33.8 Å². The number of hydrogen-bond donors (Lipinski definition) is 2.